The summed E-state index contributed by atoms with van der Waals surface area (Å²) in [6, 6.07) is 9.36. The second-order valence-electron chi connectivity index (χ2n) is 6.10. The molecule has 122 valence electrons. The summed E-state index contributed by atoms with van der Waals surface area (Å²) in [5, 5.41) is 3.46. The number of aryl methyl sites for hydroxylation is 1. The van der Waals surface area contributed by atoms with Crippen LogP contribution in [0.1, 0.15) is 24.0 Å². The Labute approximate surface area is 143 Å². The Hall–Kier alpha value is -0.710. The van der Waals surface area contributed by atoms with E-state index in [1.807, 2.05) is 23.7 Å². The number of fused-ring (bicyclic) bond motifs is 1. The predicted octanol–water partition coefficient (Wildman–Crippen LogP) is 2.52. The molecule has 2 unspecified atom stereocenters. The summed E-state index contributed by atoms with van der Waals surface area (Å²) in [4.78, 5) is 14.5. The number of rotatable bonds is 3. The highest BCUT2D eigenvalue weighted by molar-refractivity contribution is 7.99. The zero-order valence-electron chi connectivity index (χ0n) is 13.1. The minimum absolute atomic E-state index is 0. The Kier molecular flexibility index (Phi) is 6.60. The summed E-state index contributed by atoms with van der Waals surface area (Å²) in [6.45, 7) is 1.03. The van der Waals surface area contributed by atoms with E-state index in [0.29, 0.717) is 24.4 Å². The summed E-state index contributed by atoms with van der Waals surface area (Å²) >= 11 is 1.95. The molecule has 1 fully saturated rings. The van der Waals surface area contributed by atoms with Crippen molar-refractivity contribution in [3.05, 3.63) is 35.4 Å². The molecular formula is C17H25ClN2OS. The van der Waals surface area contributed by atoms with E-state index in [0.717, 1.165) is 31.6 Å². The number of halogens is 1. The van der Waals surface area contributed by atoms with Crippen LogP contribution < -0.4 is 5.32 Å². The summed E-state index contributed by atoms with van der Waals surface area (Å²) in [5.41, 5.74) is 2.87. The highest BCUT2D eigenvalue weighted by atomic mass is 35.5. The van der Waals surface area contributed by atoms with E-state index in [1.165, 1.54) is 16.9 Å². The van der Waals surface area contributed by atoms with Crippen LogP contribution >= 0.6 is 24.2 Å². The lowest BCUT2D eigenvalue weighted by Crippen LogP contribution is -2.45. The third kappa shape index (κ3) is 4.18. The molecule has 1 saturated heterocycles. The molecule has 1 heterocycles. The number of hydrogen-bond acceptors (Lipinski definition) is 3. The lowest BCUT2D eigenvalue weighted by atomic mass is 9.87. The van der Waals surface area contributed by atoms with Gasteiger partial charge in [-0.05, 0) is 30.4 Å². The summed E-state index contributed by atoms with van der Waals surface area (Å²) < 4.78 is 0. The molecule has 1 N–H and O–H groups in total. The van der Waals surface area contributed by atoms with E-state index in [4.69, 9.17) is 0 Å². The fourth-order valence-electron chi connectivity index (χ4n) is 3.32. The molecular weight excluding hydrogens is 316 g/mol. The lowest BCUT2D eigenvalue weighted by molar-refractivity contribution is -0.132. The van der Waals surface area contributed by atoms with Crippen molar-refractivity contribution in [2.45, 2.75) is 37.8 Å². The molecule has 1 aromatic carbocycles. The summed E-state index contributed by atoms with van der Waals surface area (Å²) in [5.74, 6) is 2.52. The lowest BCUT2D eigenvalue weighted by Gasteiger charge is -2.34. The Balaban J connectivity index is 0.00000176. The van der Waals surface area contributed by atoms with Crippen molar-refractivity contribution in [3.63, 3.8) is 0 Å². The smallest absolute Gasteiger partial charge is 0.224 e. The first-order valence-electron chi connectivity index (χ1n) is 7.87. The van der Waals surface area contributed by atoms with Crippen LogP contribution in [0.15, 0.2) is 24.3 Å². The van der Waals surface area contributed by atoms with Crippen molar-refractivity contribution < 1.29 is 4.79 Å². The molecule has 1 aliphatic heterocycles. The van der Waals surface area contributed by atoms with Crippen LogP contribution in [-0.2, 0) is 17.6 Å². The number of carbonyl (C=O) groups excluding carboxylic acids is 1. The van der Waals surface area contributed by atoms with Gasteiger partial charge in [-0.3, -0.25) is 4.79 Å². The number of hydrogen-bond donors (Lipinski definition) is 1. The molecule has 0 bridgehead atoms. The van der Waals surface area contributed by atoms with Crippen molar-refractivity contribution in [2.24, 2.45) is 0 Å². The average molecular weight is 341 g/mol. The summed E-state index contributed by atoms with van der Waals surface area (Å²) in [7, 11) is 1.98. The molecule has 3 rings (SSSR count). The zero-order valence-corrected chi connectivity index (χ0v) is 14.7. The number of likely N-dealkylation sites (N-methyl/N-ethyl adjacent to an activating group) is 1. The van der Waals surface area contributed by atoms with E-state index >= 15 is 0 Å². The molecule has 2 atom stereocenters. The van der Waals surface area contributed by atoms with Gasteiger partial charge in [0.25, 0.3) is 0 Å². The molecule has 3 nitrogen and oxygen atoms in total. The quantitative estimate of drug-likeness (QED) is 0.917. The second-order valence-corrected chi connectivity index (χ2v) is 7.25. The SMILES string of the molecule is CN(C(=O)CC1CSCCN1)C1CCc2ccccc2C1.Cl. The van der Waals surface area contributed by atoms with Gasteiger partial charge >= 0.3 is 0 Å². The first-order chi connectivity index (χ1) is 10.2. The van der Waals surface area contributed by atoms with Gasteiger partial charge in [-0.25, -0.2) is 0 Å². The van der Waals surface area contributed by atoms with E-state index in [1.54, 1.807) is 0 Å². The maximum atomic E-state index is 12.5. The topological polar surface area (TPSA) is 32.3 Å². The van der Waals surface area contributed by atoms with Gasteiger partial charge in [0.05, 0.1) is 0 Å². The Bertz CT molecular complexity index is 505. The van der Waals surface area contributed by atoms with Crippen LogP contribution in [0.4, 0.5) is 0 Å². The zero-order chi connectivity index (χ0) is 14.7. The van der Waals surface area contributed by atoms with Crippen LogP contribution in [0, 0.1) is 0 Å². The number of amides is 1. The predicted molar refractivity (Wildman–Crippen MR) is 96.0 cm³/mol. The molecule has 0 spiro atoms. The highest BCUT2D eigenvalue weighted by Gasteiger charge is 2.26. The van der Waals surface area contributed by atoms with E-state index < -0.39 is 0 Å². The van der Waals surface area contributed by atoms with Crippen molar-refractivity contribution in [1.29, 1.82) is 0 Å². The number of nitrogens with zero attached hydrogens (tertiary/aromatic N) is 1. The molecule has 2 aliphatic rings. The maximum absolute atomic E-state index is 12.5. The molecule has 5 heteroatoms. The van der Waals surface area contributed by atoms with Crippen LogP contribution in [-0.4, -0.2) is 48.0 Å². The van der Waals surface area contributed by atoms with Gasteiger partial charge in [0.15, 0.2) is 0 Å². The molecule has 0 saturated carbocycles. The Morgan fingerprint density at radius 3 is 2.86 bits per heavy atom. The summed E-state index contributed by atoms with van der Waals surface area (Å²) in [6.07, 6.45) is 3.83. The third-order valence-corrected chi connectivity index (χ3v) is 5.81. The Morgan fingerprint density at radius 1 is 1.36 bits per heavy atom. The van der Waals surface area contributed by atoms with Gasteiger partial charge < -0.3 is 10.2 Å². The number of thioether (sulfide) groups is 1. The van der Waals surface area contributed by atoms with E-state index in [2.05, 4.69) is 29.6 Å². The van der Waals surface area contributed by atoms with Crippen molar-refractivity contribution >= 4 is 30.1 Å². The molecule has 1 aromatic rings. The monoisotopic (exact) mass is 340 g/mol. The van der Waals surface area contributed by atoms with Gasteiger partial charge in [0.2, 0.25) is 5.91 Å². The minimum Gasteiger partial charge on any atom is -0.342 e. The van der Waals surface area contributed by atoms with Gasteiger partial charge in [0.1, 0.15) is 0 Å². The first kappa shape index (κ1) is 17.6. The maximum Gasteiger partial charge on any atom is 0.224 e. The standard InChI is InChI=1S/C17H24N2OS.ClH/c1-19(17(20)11-15-12-21-9-8-18-15)16-7-6-13-4-2-3-5-14(13)10-16;/h2-5,15-16,18H,6-12H2,1H3;1H. The Morgan fingerprint density at radius 2 is 2.14 bits per heavy atom. The largest absolute Gasteiger partial charge is 0.342 e. The minimum atomic E-state index is 0. The van der Waals surface area contributed by atoms with Gasteiger partial charge in [-0.15, -0.1) is 12.4 Å². The van der Waals surface area contributed by atoms with Gasteiger partial charge in [-0.2, -0.15) is 11.8 Å². The average Bonchev–Trinajstić information content (AvgIpc) is 2.54. The molecule has 22 heavy (non-hydrogen) atoms. The molecule has 0 radical (unpaired) electrons. The van der Waals surface area contributed by atoms with Crippen LogP contribution in [0.2, 0.25) is 0 Å². The first-order valence-corrected chi connectivity index (χ1v) is 9.03. The second kappa shape index (κ2) is 8.23. The highest BCUT2D eigenvalue weighted by Crippen LogP contribution is 2.24. The number of benzene rings is 1. The normalized spacial score (nSPS) is 24.0. The van der Waals surface area contributed by atoms with Crippen LogP contribution in [0.3, 0.4) is 0 Å². The van der Waals surface area contributed by atoms with E-state index in [-0.39, 0.29) is 12.4 Å². The molecule has 1 amide bonds. The van der Waals surface area contributed by atoms with Gasteiger partial charge in [-0.1, -0.05) is 24.3 Å². The van der Waals surface area contributed by atoms with Crippen molar-refractivity contribution in [2.75, 3.05) is 25.1 Å². The fourth-order valence-corrected chi connectivity index (χ4v) is 4.27. The number of nitrogens with one attached hydrogen (secondary N) is 1. The number of carbonyl (C=O) groups is 1. The fraction of sp³-hybridized carbons (Fsp3) is 0.588. The van der Waals surface area contributed by atoms with Crippen molar-refractivity contribution in [3.8, 4) is 0 Å². The molecule has 0 aromatic heterocycles. The molecule has 1 aliphatic carbocycles. The van der Waals surface area contributed by atoms with Crippen LogP contribution in [0.25, 0.3) is 0 Å². The van der Waals surface area contributed by atoms with E-state index in [9.17, 15) is 4.79 Å². The van der Waals surface area contributed by atoms with Crippen LogP contribution in [0.5, 0.6) is 0 Å². The van der Waals surface area contributed by atoms with Gasteiger partial charge in [0, 0.05) is 43.6 Å². The van der Waals surface area contributed by atoms with Crippen molar-refractivity contribution in [1.82, 2.24) is 10.2 Å². The third-order valence-electron chi connectivity index (χ3n) is 4.68.